The van der Waals surface area contributed by atoms with E-state index in [1.165, 1.54) is 18.3 Å². The van der Waals surface area contributed by atoms with Crippen molar-refractivity contribution in [2.24, 2.45) is 0 Å². The Balaban J connectivity index is 2.12. The molecule has 2 N–H and O–H groups in total. The lowest BCUT2D eigenvalue weighted by atomic mass is 10.2. The fourth-order valence-corrected chi connectivity index (χ4v) is 1.56. The SMILES string of the molecule is O=C(O)c1ccnc(CN2CCNC2=O)c1. The molecule has 6 nitrogen and oxygen atoms in total. The summed E-state index contributed by atoms with van der Waals surface area (Å²) in [5, 5.41) is 11.5. The minimum Gasteiger partial charge on any atom is -0.478 e. The molecule has 0 bridgehead atoms. The smallest absolute Gasteiger partial charge is 0.335 e. The molecule has 2 amide bonds. The van der Waals surface area contributed by atoms with Crippen LogP contribution in [0.15, 0.2) is 18.3 Å². The summed E-state index contributed by atoms with van der Waals surface area (Å²) in [6.45, 7) is 1.59. The molecular formula is C10H11N3O3. The summed E-state index contributed by atoms with van der Waals surface area (Å²) < 4.78 is 0. The summed E-state index contributed by atoms with van der Waals surface area (Å²) >= 11 is 0. The first-order chi connectivity index (χ1) is 7.66. The Morgan fingerprint density at radius 1 is 1.62 bits per heavy atom. The average molecular weight is 221 g/mol. The van der Waals surface area contributed by atoms with Crippen molar-refractivity contribution in [2.45, 2.75) is 6.54 Å². The van der Waals surface area contributed by atoms with Gasteiger partial charge in [0.2, 0.25) is 0 Å². The lowest BCUT2D eigenvalue weighted by Gasteiger charge is -2.13. The molecule has 2 heterocycles. The Kier molecular flexibility index (Phi) is 2.72. The monoisotopic (exact) mass is 221 g/mol. The number of hydrogen-bond acceptors (Lipinski definition) is 3. The van der Waals surface area contributed by atoms with E-state index in [1.54, 1.807) is 4.90 Å². The van der Waals surface area contributed by atoms with E-state index in [0.717, 1.165) is 0 Å². The Bertz CT molecular complexity index is 433. The summed E-state index contributed by atoms with van der Waals surface area (Å²) in [4.78, 5) is 27.6. The second-order valence-electron chi connectivity index (χ2n) is 3.49. The van der Waals surface area contributed by atoms with Gasteiger partial charge >= 0.3 is 12.0 Å². The Hall–Kier alpha value is -2.11. The summed E-state index contributed by atoms with van der Waals surface area (Å²) in [5.74, 6) is -0.991. The van der Waals surface area contributed by atoms with E-state index in [1.807, 2.05) is 0 Å². The first-order valence-corrected chi connectivity index (χ1v) is 4.88. The molecule has 1 fully saturated rings. The van der Waals surface area contributed by atoms with Crippen LogP contribution in [0.2, 0.25) is 0 Å². The van der Waals surface area contributed by atoms with E-state index in [0.29, 0.717) is 25.3 Å². The first kappa shape index (κ1) is 10.4. The van der Waals surface area contributed by atoms with Gasteiger partial charge in [-0.25, -0.2) is 9.59 Å². The fraction of sp³-hybridized carbons (Fsp3) is 0.300. The van der Waals surface area contributed by atoms with E-state index in [4.69, 9.17) is 5.11 Å². The molecule has 0 atom stereocenters. The molecular weight excluding hydrogens is 210 g/mol. The maximum absolute atomic E-state index is 11.3. The molecule has 1 saturated heterocycles. The third-order valence-electron chi connectivity index (χ3n) is 2.36. The predicted molar refractivity (Wildman–Crippen MR) is 55.0 cm³/mol. The topological polar surface area (TPSA) is 82.5 Å². The number of carbonyl (C=O) groups is 2. The zero-order valence-electron chi connectivity index (χ0n) is 8.51. The molecule has 0 spiro atoms. The highest BCUT2D eigenvalue weighted by Crippen LogP contribution is 2.07. The van der Waals surface area contributed by atoms with Crippen molar-refractivity contribution in [1.82, 2.24) is 15.2 Å². The van der Waals surface area contributed by atoms with E-state index in [2.05, 4.69) is 10.3 Å². The van der Waals surface area contributed by atoms with Gasteiger partial charge in [0.05, 0.1) is 17.8 Å². The van der Waals surface area contributed by atoms with E-state index in [9.17, 15) is 9.59 Å². The number of amides is 2. The van der Waals surface area contributed by atoms with Gasteiger partial charge in [0.1, 0.15) is 0 Å². The average Bonchev–Trinajstić information content (AvgIpc) is 2.65. The van der Waals surface area contributed by atoms with Gasteiger partial charge in [-0.05, 0) is 12.1 Å². The molecule has 1 aliphatic rings. The highest BCUT2D eigenvalue weighted by atomic mass is 16.4. The van der Waals surface area contributed by atoms with Crippen LogP contribution in [0.4, 0.5) is 4.79 Å². The van der Waals surface area contributed by atoms with Gasteiger partial charge in [-0.3, -0.25) is 4.98 Å². The van der Waals surface area contributed by atoms with Gasteiger partial charge in [0, 0.05) is 19.3 Å². The lowest BCUT2D eigenvalue weighted by Crippen LogP contribution is -2.28. The van der Waals surface area contributed by atoms with E-state index >= 15 is 0 Å². The first-order valence-electron chi connectivity index (χ1n) is 4.88. The predicted octanol–water partition coefficient (Wildman–Crippen LogP) is 0.305. The maximum Gasteiger partial charge on any atom is 0.335 e. The Labute approximate surface area is 91.9 Å². The van der Waals surface area contributed by atoms with Crippen LogP contribution < -0.4 is 5.32 Å². The second kappa shape index (κ2) is 4.18. The molecule has 2 rings (SSSR count). The number of nitrogens with one attached hydrogen (secondary N) is 1. The highest BCUT2D eigenvalue weighted by molar-refractivity contribution is 5.87. The largest absolute Gasteiger partial charge is 0.478 e. The number of aromatic carboxylic acids is 1. The van der Waals surface area contributed by atoms with Crippen LogP contribution in [0.3, 0.4) is 0 Å². The standard InChI is InChI=1S/C10H11N3O3/c14-9(15)7-1-2-11-8(5-7)6-13-4-3-12-10(13)16/h1-2,5H,3-4,6H2,(H,12,16)(H,14,15). The van der Waals surface area contributed by atoms with Crippen LogP contribution in [-0.2, 0) is 6.54 Å². The van der Waals surface area contributed by atoms with Crippen LogP contribution in [0, 0.1) is 0 Å². The molecule has 0 radical (unpaired) electrons. The van der Waals surface area contributed by atoms with Crippen LogP contribution in [0.5, 0.6) is 0 Å². The van der Waals surface area contributed by atoms with Crippen LogP contribution >= 0.6 is 0 Å². The van der Waals surface area contributed by atoms with Gasteiger partial charge in [-0.2, -0.15) is 0 Å². The molecule has 6 heteroatoms. The van der Waals surface area contributed by atoms with Crippen LogP contribution in [0.1, 0.15) is 16.1 Å². The van der Waals surface area contributed by atoms with Gasteiger partial charge < -0.3 is 15.3 Å². The summed E-state index contributed by atoms with van der Waals surface area (Å²) in [7, 11) is 0. The zero-order chi connectivity index (χ0) is 11.5. The summed E-state index contributed by atoms with van der Waals surface area (Å²) in [6.07, 6.45) is 1.44. The number of urea groups is 1. The molecule has 0 aromatic carbocycles. The van der Waals surface area contributed by atoms with Crippen LogP contribution in [0.25, 0.3) is 0 Å². The van der Waals surface area contributed by atoms with Crippen LogP contribution in [-0.4, -0.2) is 40.1 Å². The Morgan fingerprint density at radius 2 is 2.44 bits per heavy atom. The number of pyridine rings is 1. The lowest BCUT2D eigenvalue weighted by molar-refractivity contribution is 0.0696. The summed E-state index contributed by atoms with van der Waals surface area (Å²) in [6, 6.07) is 2.77. The number of rotatable bonds is 3. The van der Waals surface area contributed by atoms with Gasteiger partial charge in [0.15, 0.2) is 0 Å². The number of carbonyl (C=O) groups excluding carboxylic acids is 1. The maximum atomic E-state index is 11.3. The highest BCUT2D eigenvalue weighted by Gasteiger charge is 2.20. The third kappa shape index (κ3) is 2.10. The van der Waals surface area contributed by atoms with Crippen molar-refractivity contribution in [2.75, 3.05) is 13.1 Å². The second-order valence-corrected chi connectivity index (χ2v) is 3.49. The Morgan fingerprint density at radius 3 is 3.06 bits per heavy atom. The van der Waals surface area contributed by atoms with Crippen molar-refractivity contribution in [1.29, 1.82) is 0 Å². The third-order valence-corrected chi connectivity index (χ3v) is 2.36. The van der Waals surface area contributed by atoms with Crippen molar-refractivity contribution in [3.63, 3.8) is 0 Å². The number of hydrogen-bond donors (Lipinski definition) is 2. The molecule has 84 valence electrons. The number of carboxylic acids is 1. The van der Waals surface area contributed by atoms with E-state index < -0.39 is 5.97 Å². The van der Waals surface area contributed by atoms with Crippen molar-refractivity contribution < 1.29 is 14.7 Å². The van der Waals surface area contributed by atoms with Crippen molar-refractivity contribution in [3.8, 4) is 0 Å². The zero-order valence-corrected chi connectivity index (χ0v) is 8.51. The molecule has 1 aliphatic heterocycles. The van der Waals surface area contributed by atoms with Gasteiger partial charge in [-0.15, -0.1) is 0 Å². The molecule has 1 aromatic rings. The normalized spacial score (nSPS) is 15.0. The van der Waals surface area contributed by atoms with Crippen molar-refractivity contribution in [3.05, 3.63) is 29.6 Å². The molecule has 0 aliphatic carbocycles. The molecule has 0 saturated carbocycles. The molecule has 0 unspecified atom stereocenters. The quantitative estimate of drug-likeness (QED) is 0.769. The summed E-state index contributed by atoms with van der Waals surface area (Å²) in [5.41, 5.74) is 0.765. The number of aromatic nitrogens is 1. The molecule has 1 aromatic heterocycles. The fourth-order valence-electron chi connectivity index (χ4n) is 1.56. The van der Waals surface area contributed by atoms with E-state index in [-0.39, 0.29) is 11.6 Å². The molecule has 16 heavy (non-hydrogen) atoms. The van der Waals surface area contributed by atoms with Crippen molar-refractivity contribution >= 4 is 12.0 Å². The number of carboxylic acid groups (broad SMARTS) is 1. The van der Waals surface area contributed by atoms with Gasteiger partial charge in [-0.1, -0.05) is 0 Å². The number of nitrogens with zero attached hydrogens (tertiary/aromatic N) is 2. The van der Waals surface area contributed by atoms with Gasteiger partial charge in [0.25, 0.3) is 0 Å². The minimum absolute atomic E-state index is 0.137. The minimum atomic E-state index is -0.991.